The first-order valence-electron chi connectivity index (χ1n) is 20.5. The van der Waals surface area contributed by atoms with Crippen LogP contribution in [0, 0.1) is 5.92 Å². The molecular weight excluding hydrogens is 771 g/mol. The van der Waals surface area contributed by atoms with Gasteiger partial charge in [0.1, 0.15) is 5.78 Å². The number of ketones is 1. The van der Waals surface area contributed by atoms with Crippen LogP contribution in [0.3, 0.4) is 0 Å². The second-order valence-electron chi connectivity index (χ2n) is 14.8. The van der Waals surface area contributed by atoms with E-state index in [9.17, 15) is 23.7 Å². The second kappa shape index (κ2) is 30.3. The third kappa shape index (κ3) is 22.0. The van der Waals surface area contributed by atoms with E-state index in [1.54, 1.807) is 32.9 Å². The van der Waals surface area contributed by atoms with Crippen LogP contribution in [0.1, 0.15) is 63.5 Å². The molecule has 0 aliphatic heterocycles. The Labute approximate surface area is 345 Å². The van der Waals surface area contributed by atoms with Crippen LogP contribution in [0.15, 0.2) is 24.3 Å². The molecule has 1 fully saturated rings. The number of methoxy groups -OCH3 is 3. The van der Waals surface area contributed by atoms with Crippen molar-refractivity contribution < 1.29 is 56.7 Å². The summed E-state index contributed by atoms with van der Waals surface area (Å²) in [5.41, 5.74) is 1.67. The minimum Gasteiger partial charge on any atom is -0.382 e. The third-order valence-corrected chi connectivity index (χ3v) is 12.5. The highest BCUT2D eigenvalue weighted by Gasteiger charge is 2.32. The van der Waals surface area contributed by atoms with Crippen LogP contribution in [-0.2, 0) is 69.7 Å². The summed E-state index contributed by atoms with van der Waals surface area (Å²) in [4.78, 5) is 55.1. The lowest BCUT2D eigenvalue weighted by atomic mass is 9.87. The van der Waals surface area contributed by atoms with Gasteiger partial charge in [-0.2, -0.15) is 0 Å². The van der Waals surface area contributed by atoms with Crippen molar-refractivity contribution in [3.05, 3.63) is 35.4 Å². The lowest BCUT2D eigenvalue weighted by Crippen LogP contribution is -2.53. The number of hydrogen-bond donors (Lipinski definition) is 3. The Hall–Kier alpha value is -2.79. The summed E-state index contributed by atoms with van der Waals surface area (Å²) >= 11 is 0. The van der Waals surface area contributed by atoms with Gasteiger partial charge in [0.15, 0.2) is 0 Å². The quantitative estimate of drug-likeness (QED) is 0.0693. The Morgan fingerprint density at radius 1 is 0.724 bits per heavy atom. The Morgan fingerprint density at radius 3 is 1.84 bits per heavy atom. The molecular formula is C41H71N4O12P. The van der Waals surface area contributed by atoms with E-state index in [4.69, 9.17) is 32.9 Å². The molecule has 2 atom stereocenters. The lowest BCUT2D eigenvalue weighted by molar-refractivity contribution is -0.131. The van der Waals surface area contributed by atoms with E-state index in [1.807, 2.05) is 38.1 Å². The van der Waals surface area contributed by atoms with Crippen molar-refractivity contribution in [2.45, 2.75) is 83.1 Å². The number of benzene rings is 1. The average Bonchev–Trinajstić information content (AvgIpc) is 3.20. The highest BCUT2D eigenvalue weighted by atomic mass is 31.2. The number of rotatable bonds is 33. The SMILES string of the molecule is COCCOCCCC(=O)CN(CC(=O)NCCOCCOC)[C@H](Cc1ccc(CNC(=O)C2CCC(OP(C)(=O)C(C)C)CC2)cc1)C(=O)NCCOCCOC. The molecule has 0 radical (unpaired) electrons. The van der Waals surface area contributed by atoms with Crippen LogP contribution in [0.2, 0.25) is 0 Å². The van der Waals surface area contributed by atoms with E-state index in [2.05, 4.69) is 16.0 Å². The Bertz CT molecular complexity index is 1330. The molecule has 17 heteroatoms. The molecule has 0 aromatic heterocycles. The molecule has 1 aromatic rings. The van der Waals surface area contributed by atoms with Crippen LogP contribution in [0.25, 0.3) is 0 Å². The van der Waals surface area contributed by atoms with Gasteiger partial charge < -0.3 is 48.9 Å². The minimum atomic E-state index is -2.68. The summed E-state index contributed by atoms with van der Waals surface area (Å²) in [6.45, 7) is 9.47. The lowest BCUT2D eigenvalue weighted by Gasteiger charge is -2.31. The van der Waals surface area contributed by atoms with Gasteiger partial charge in [0.2, 0.25) is 25.1 Å². The highest BCUT2D eigenvalue weighted by Crippen LogP contribution is 2.50. The molecule has 1 aliphatic carbocycles. The van der Waals surface area contributed by atoms with Gasteiger partial charge in [-0.25, -0.2) is 0 Å². The zero-order valence-electron chi connectivity index (χ0n) is 35.8. The molecule has 332 valence electrons. The summed E-state index contributed by atoms with van der Waals surface area (Å²) in [5, 5.41) is 8.80. The standard InChI is InChI=1S/C41H71N4O12P/c1-32(2)58(6,50)57-37-15-13-35(14-16-37)40(48)44-29-34-11-9-33(10-12-34)28-38(41(49)43-18-21-56-27-24-53-5)45(30-36(46)8-7-19-54-25-22-51-3)31-39(47)42-17-20-55-26-23-52-4/h9-12,32,35,37-38H,7-8,13-31H2,1-6H3,(H,42,47)(H,43,49)(H,44,48)/t35?,37?,38-,58?/m1/s1. The van der Waals surface area contributed by atoms with Crippen LogP contribution in [0.5, 0.6) is 0 Å². The molecule has 1 aromatic carbocycles. The number of nitrogens with one attached hydrogen (secondary N) is 3. The molecule has 3 amide bonds. The molecule has 0 bridgehead atoms. The van der Waals surface area contributed by atoms with Crippen molar-refractivity contribution >= 4 is 30.9 Å². The number of carbonyl (C=O) groups is 4. The fourth-order valence-corrected chi connectivity index (χ4v) is 7.19. The van der Waals surface area contributed by atoms with Gasteiger partial charge in [-0.05, 0) is 49.7 Å². The summed E-state index contributed by atoms with van der Waals surface area (Å²) in [5.74, 6) is -0.962. The number of carbonyl (C=O) groups excluding carboxylic acids is 4. The van der Waals surface area contributed by atoms with Crippen LogP contribution >= 0.6 is 7.37 Å². The van der Waals surface area contributed by atoms with Gasteiger partial charge >= 0.3 is 0 Å². The number of amides is 3. The average molecular weight is 843 g/mol. The topological polar surface area (TPSA) is 189 Å². The molecule has 16 nitrogen and oxygen atoms in total. The minimum absolute atomic E-state index is 0.0179. The van der Waals surface area contributed by atoms with E-state index in [1.165, 1.54) is 0 Å². The normalized spacial score (nSPS) is 17.2. The summed E-state index contributed by atoms with van der Waals surface area (Å²) in [7, 11) is 2.08. The van der Waals surface area contributed by atoms with E-state index < -0.39 is 13.4 Å². The second-order valence-corrected chi connectivity index (χ2v) is 17.9. The summed E-state index contributed by atoms with van der Waals surface area (Å²) in [6, 6.07) is 6.73. The zero-order chi connectivity index (χ0) is 42.6. The van der Waals surface area contributed by atoms with Crippen molar-refractivity contribution in [1.29, 1.82) is 0 Å². The van der Waals surface area contributed by atoms with Crippen molar-refractivity contribution in [2.75, 3.05) is 114 Å². The predicted molar refractivity (Wildman–Crippen MR) is 221 cm³/mol. The third-order valence-electron chi connectivity index (χ3n) is 9.88. The fourth-order valence-electron chi connectivity index (χ4n) is 6.14. The largest absolute Gasteiger partial charge is 0.382 e. The maximum absolute atomic E-state index is 13.9. The molecule has 1 saturated carbocycles. The fraction of sp³-hybridized carbons (Fsp3) is 0.756. The molecule has 0 heterocycles. The first-order valence-corrected chi connectivity index (χ1v) is 22.7. The van der Waals surface area contributed by atoms with Gasteiger partial charge in [0.25, 0.3) is 0 Å². The van der Waals surface area contributed by atoms with E-state index in [0.29, 0.717) is 84.9 Å². The number of hydrogen-bond acceptors (Lipinski definition) is 13. The maximum Gasteiger partial charge on any atom is 0.237 e. The zero-order valence-corrected chi connectivity index (χ0v) is 36.7. The van der Waals surface area contributed by atoms with Crippen LogP contribution in [-0.4, -0.2) is 160 Å². The first-order chi connectivity index (χ1) is 27.9. The smallest absolute Gasteiger partial charge is 0.237 e. The van der Waals surface area contributed by atoms with E-state index >= 15 is 0 Å². The van der Waals surface area contributed by atoms with Crippen molar-refractivity contribution in [1.82, 2.24) is 20.9 Å². The molecule has 3 N–H and O–H groups in total. The molecule has 1 unspecified atom stereocenters. The first kappa shape index (κ1) is 51.4. The van der Waals surface area contributed by atoms with Crippen molar-refractivity contribution in [3.63, 3.8) is 0 Å². The number of ether oxygens (including phenoxy) is 6. The van der Waals surface area contributed by atoms with Gasteiger partial charge in [-0.1, -0.05) is 38.1 Å². The van der Waals surface area contributed by atoms with Gasteiger partial charge in [-0.3, -0.25) is 28.6 Å². The molecule has 2 rings (SSSR count). The molecule has 58 heavy (non-hydrogen) atoms. The van der Waals surface area contributed by atoms with Crippen LogP contribution < -0.4 is 16.0 Å². The molecule has 0 saturated heterocycles. The Balaban J connectivity index is 2.13. The summed E-state index contributed by atoms with van der Waals surface area (Å²) < 4.78 is 50.2. The number of nitrogens with zero attached hydrogens (tertiary/aromatic N) is 1. The summed E-state index contributed by atoms with van der Waals surface area (Å²) in [6.07, 6.45) is 3.59. The van der Waals surface area contributed by atoms with Gasteiger partial charge in [-0.15, -0.1) is 0 Å². The van der Waals surface area contributed by atoms with Crippen LogP contribution in [0.4, 0.5) is 0 Å². The van der Waals surface area contributed by atoms with E-state index in [-0.39, 0.29) is 93.4 Å². The van der Waals surface area contributed by atoms with Gasteiger partial charge in [0, 0.05) is 72.2 Å². The Morgan fingerprint density at radius 2 is 1.28 bits per heavy atom. The maximum atomic E-state index is 13.9. The van der Waals surface area contributed by atoms with Gasteiger partial charge in [0.05, 0.1) is 78.1 Å². The number of Topliss-reactive ketones (excluding diaryl/α,β-unsaturated/α-hetero) is 1. The molecule has 1 aliphatic rings. The van der Waals surface area contributed by atoms with Crippen molar-refractivity contribution in [3.8, 4) is 0 Å². The predicted octanol–water partition coefficient (Wildman–Crippen LogP) is 2.98. The monoisotopic (exact) mass is 842 g/mol. The Kier molecular flexibility index (Phi) is 26.8. The molecule has 0 spiro atoms. The highest BCUT2D eigenvalue weighted by molar-refractivity contribution is 7.58. The van der Waals surface area contributed by atoms with E-state index in [0.717, 1.165) is 11.1 Å². The van der Waals surface area contributed by atoms with Crippen molar-refractivity contribution in [2.24, 2.45) is 5.92 Å².